The third kappa shape index (κ3) is 5.03. The zero-order valence-corrected chi connectivity index (χ0v) is 22.0. The molecule has 6 rings (SSSR count). The van der Waals surface area contributed by atoms with Crippen molar-refractivity contribution in [3.05, 3.63) is 29.2 Å². The zero-order chi connectivity index (χ0) is 23.1. The summed E-state index contributed by atoms with van der Waals surface area (Å²) in [5.41, 5.74) is 5.03. The molecule has 1 aliphatic heterocycles. The summed E-state index contributed by atoms with van der Waals surface area (Å²) in [5.74, 6) is 5.73. The molecule has 1 unspecified atom stereocenters. The average molecular weight is 517 g/mol. The van der Waals surface area contributed by atoms with Crippen LogP contribution in [0.2, 0.25) is 0 Å². The smallest absolute Gasteiger partial charge is 0.221 e. The standard InChI is InChI=1S/C25H32N6O2S.ClH/c1-15-22(32-14-27-15)23-29-30-25(31(23)2)34-12-4-6-17-5-3-7-19-18(17)10-11-26-24-21(19)28-20(33-24)13-16-8-9-16;/h14,16-17,26H,3-13H2,1-2H3;1H. The Labute approximate surface area is 216 Å². The van der Waals surface area contributed by atoms with Crippen LogP contribution in [0.1, 0.15) is 68.6 Å². The van der Waals surface area contributed by atoms with Gasteiger partial charge in [-0.3, -0.25) is 0 Å². The van der Waals surface area contributed by atoms with E-state index < -0.39 is 0 Å². The van der Waals surface area contributed by atoms with Gasteiger partial charge >= 0.3 is 0 Å². The van der Waals surface area contributed by atoms with Gasteiger partial charge in [-0.15, -0.1) is 22.6 Å². The molecule has 3 aliphatic rings. The van der Waals surface area contributed by atoms with E-state index in [0.29, 0.717) is 11.7 Å². The Hall–Kier alpha value is -2.26. The molecule has 0 spiro atoms. The number of fused-ring (bicyclic) bond motifs is 2. The lowest BCUT2D eigenvalue weighted by Crippen LogP contribution is -2.14. The van der Waals surface area contributed by atoms with Gasteiger partial charge in [-0.05, 0) is 75.7 Å². The van der Waals surface area contributed by atoms with E-state index in [4.69, 9.17) is 13.8 Å². The minimum absolute atomic E-state index is 0. The van der Waals surface area contributed by atoms with Crippen molar-refractivity contribution in [2.75, 3.05) is 17.6 Å². The predicted molar refractivity (Wildman–Crippen MR) is 139 cm³/mol. The Morgan fingerprint density at radius 1 is 1.20 bits per heavy atom. The van der Waals surface area contributed by atoms with Gasteiger partial charge in [0.2, 0.25) is 11.7 Å². The highest BCUT2D eigenvalue weighted by atomic mass is 35.5. The second-order valence-corrected chi connectivity index (χ2v) is 10.9. The molecule has 3 aromatic heterocycles. The molecule has 0 amide bonds. The Morgan fingerprint density at radius 2 is 2.09 bits per heavy atom. The summed E-state index contributed by atoms with van der Waals surface area (Å²) >= 11 is 1.77. The van der Waals surface area contributed by atoms with Crippen molar-refractivity contribution in [2.45, 2.75) is 69.9 Å². The number of hydrogen-bond acceptors (Lipinski definition) is 8. The first kappa shape index (κ1) is 24.4. The van der Waals surface area contributed by atoms with Crippen LogP contribution in [0.4, 0.5) is 5.88 Å². The zero-order valence-electron chi connectivity index (χ0n) is 20.4. The molecule has 0 saturated heterocycles. The number of anilines is 1. The van der Waals surface area contributed by atoms with Crippen LogP contribution >= 0.6 is 24.2 Å². The molecule has 0 bridgehead atoms. The fourth-order valence-corrected chi connectivity index (χ4v) is 6.23. The SMILES string of the molecule is Cc1ncoc1-c1nnc(SCCCC2CCCC3=C2CCNc2oc(CC4CC4)nc23)n1C.Cl. The van der Waals surface area contributed by atoms with Crippen LogP contribution in [-0.2, 0) is 13.5 Å². The van der Waals surface area contributed by atoms with Crippen LogP contribution in [0.3, 0.4) is 0 Å². The fourth-order valence-electron chi connectivity index (χ4n) is 5.35. The van der Waals surface area contributed by atoms with Gasteiger partial charge in [0.1, 0.15) is 5.69 Å². The molecule has 188 valence electrons. The third-order valence-corrected chi connectivity index (χ3v) is 8.48. The van der Waals surface area contributed by atoms with Crippen molar-refractivity contribution in [3.63, 3.8) is 0 Å². The number of thioether (sulfide) groups is 1. The Kier molecular flexibility index (Phi) is 7.25. The maximum Gasteiger partial charge on any atom is 0.221 e. The summed E-state index contributed by atoms with van der Waals surface area (Å²) in [6, 6.07) is 0. The molecule has 1 atom stereocenters. The van der Waals surface area contributed by atoms with Gasteiger partial charge in [-0.25, -0.2) is 9.97 Å². The van der Waals surface area contributed by atoms with E-state index in [1.54, 1.807) is 17.3 Å². The van der Waals surface area contributed by atoms with Crippen LogP contribution in [0, 0.1) is 18.8 Å². The first-order valence-corrected chi connectivity index (χ1v) is 13.5. The predicted octanol–water partition coefficient (Wildman–Crippen LogP) is 6.08. The van der Waals surface area contributed by atoms with Crippen LogP contribution in [0.25, 0.3) is 17.2 Å². The van der Waals surface area contributed by atoms with Gasteiger partial charge in [0.25, 0.3) is 0 Å². The van der Waals surface area contributed by atoms with Gasteiger partial charge < -0.3 is 18.7 Å². The number of allylic oxidation sites excluding steroid dienone is 1. The quantitative estimate of drug-likeness (QED) is 0.284. The molecule has 4 heterocycles. The molecule has 1 N–H and O–H groups in total. The van der Waals surface area contributed by atoms with Crippen LogP contribution < -0.4 is 5.32 Å². The van der Waals surface area contributed by atoms with Crippen molar-refractivity contribution in [1.29, 1.82) is 0 Å². The maximum absolute atomic E-state index is 6.13. The number of nitrogens with zero attached hydrogens (tertiary/aromatic N) is 5. The summed E-state index contributed by atoms with van der Waals surface area (Å²) < 4.78 is 13.6. The molecular formula is C25H33ClN6O2S. The van der Waals surface area contributed by atoms with Gasteiger partial charge in [-0.2, -0.15) is 0 Å². The highest BCUT2D eigenvalue weighted by Gasteiger charge is 2.31. The van der Waals surface area contributed by atoms with Crippen molar-refractivity contribution >= 4 is 35.6 Å². The fraction of sp³-hybridized carbons (Fsp3) is 0.600. The number of oxazole rings is 2. The minimum Gasteiger partial charge on any atom is -0.440 e. The van der Waals surface area contributed by atoms with Crippen LogP contribution in [-0.4, -0.2) is 37.0 Å². The van der Waals surface area contributed by atoms with Gasteiger partial charge in [-0.1, -0.05) is 17.3 Å². The number of aromatic nitrogens is 5. The second kappa shape index (κ2) is 10.4. The summed E-state index contributed by atoms with van der Waals surface area (Å²) in [4.78, 5) is 9.13. The molecule has 2 aliphatic carbocycles. The molecule has 1 fully saturated rings. The van der Waals surface area contributed by atoms with Crippen molar-refractivity contribution in [1.82, 2.24) is 24.7 Å². The largest absolute Gasteiger partial charge is 0.440 e. The Morgan fingerprint density at radius 3 is 2.89 bits per heavy atom. The normalized spacial score (nSPS) is 19.5. The Bertz CT molecular complexity index is 1210. The van der Waals surface area contributed by atoms with E-state index in [-0.39, 0.29) is 12.4 Å². The van der Waals surface area contributed by atoms with Crippen LogP contribution in [0.5, 0.6) is 0 Å². The lowest BCUT2D eigenvalue weighted by atomic mass is 9.78. The minimum atomic E-state index is 0. The lowest BCUT2D eigenvalue weighted by Gasteiger charge is -2.27. The van der Waals surface area contributed by atoms with Crippen LogP contribution in [0.15, 0.2) is 26.0 Å². The van der Waals surface area contributed by atoms with E-state index in [0.717, 1.165) is 78.0 Å². The topological polar surface area (TPSA) is 94.8 Å². The Balaban J connectivity index is 0.00000253. The summed E-state index contributed by atoms with van der Waals surface area (Å²) in [5, 5.41) is 13.1. The monoisotopic (exact) mass is 516 g/mol. The lowest BCUT2D eigenvalue weighted by molar-refractivity contribution is 0.467. The highest BCUT2D eigenvalue weighted by molar-refractivity contribution is 7.99. The number of hydrogen-bond donors (Lipinski definition) is 1. The van der Waals surface area contributed by atoms with Crippen molar-refractivity contribution in [2.24, 2.45) is 18.9 Å². The molecule has 8 nitrogen and oxygen atoms in total. The first-order valence-electron chi connectivity index (χ1n) is 12.6. The third-order valence-electron chi connectivity index (χ3n) is 7.37. The van der Waals surface area contributed by atoms with E-state index in [9.17, 15) is 0 Å². The number of nitrogens with one attached hydrogen (secondary N) is 1. The molecule has 35 heavy (non-hydrogen) atoms. The molecular weight excluding hydrogens is 484 g/mol. The number of halogens is 1. The molecule has 1 saturated carbocycles. The molecule has 0 aromatic carbocycles. The van der Waals surface area contributed by atoms with Crippen molar-refractivity contribution < 1.29 is 8.83 Å². The molecule has 0 radical (unpaired) electrons. The van der Waals surface area contributed by atoms with E-state index in [1.165, 1.54) is 44.1 Å². The second-order valence-electron chi connectivity index (χ2n) is 9.83. The van der Waals surface area contributed by atoms with E-state index in [1.807, 2.05) is 18.5 Å². The van der Waals surface area contributed by atoms with Gasteiger partial charge in [0, 0.05) is 25.8 Å². The molecule has 10 heteroatoms. The first-order chi connectivity index (χ1) is 16.7. The number of aryl methyl sites for hydroxylation is 1. The summed E-state index contributed by atoms with van der Waals surface area (Å²) in [7, 11) is 1.99. The van der Waals surface area contributed by atoms with Crippen molar-refractivity contribution in [3.8, 4) is 11.6 Å². The number of rotatable bonds is 8. The van der Waals surface area contributed by atoms with Gasteiger partial charge in [0.05, 0.1) is 5.69 Å². The average Bonchev–Trinajstić information content (AvgIpc) is 3.30. The summed E-state index contributed by atoms with van der Waals surface area (Å²) in [6.07, 6.45) is 12.2. The molecule has 3 aromatic rings. The van der Waals surface area contributed by atoms with E-state index >= 15 is 0 Å². The van der Waals surface area contributed by atoms with Gasteiger partial charge in [0.15, 0.2) is 23.2 Å². The summed E-state index contributed by atoms with van der Waals surface area (Å²) in [6.45, 7) is 2.87. The van der Waals surface area contributed by atoms with E-state index in [2.05, 4.69) is 20.5 Å². The maximum atomic E-state index is 6.13. The highest BCUT2D eigenvalue weighted by Crippen LogP contribution is 2.44.